The molecular weight excluding hydrogens is 468 g/mol. The third-order valence-corrected chi connectivity index (χ3v) is 5.45. The first-order valence-corrected chi connectivity index (χ1v) is 12.7. The molecule has 0 unspecified atom stereocenters. The van der Waals surface area contributed by atoms with E-state index in [1.54, 1.807) is 0 Å². The van der Waals surface area contributed by atoms with Crippen molar-refractivity contribution in [3.8, 4) is 0 Å². The summed E-state index contributed by atoms with van der Waals surface area (Å²) in [6.07, 6.45) is 13.9. The molecule has 0 aliphatic heterocycles. The standard InChI is InChI=1S/3C10H10.C9H10/c1-3-9-5-7-10(4-2)8-6-9;1-3-9-6-5-7-10(4-2)8-9;1-3-9-7-5-6-8-10(9)4-2;1-2-6-9-7-4-3-5-8-9/h3*3-8H,1-2H2;2-5,7-8H,1,6H2. The summed E-state index contributed by atoms with van der Waals surface area (Å²) in [5.74, 6) is 0. The van der Waals surface area contributed by atoms with E-state index in [1.165, 1.54) is 5.56 Å². The Kier molecular flexibility index (Phi) is 16.6. The van der Waals surface area contributed by atoms with Crippen LogP contribution in [0.4, 0.5) is 0 Å². The van der Waals surface area contributed by atoms with E-state index in [4.69, 9.17) is 0 Å². The van der Waals surface area contributed by atoms with Gasteiger partial charge in [-0.1, -0.05) is 179 Å². The van der Waals surface area contributed by atoms with Gasteiger partial charge in [0.05, 0.1) is 0 Å². The van der Waals surface area contributed by atoms with Gasteiger partial charge in [0.2, 0.25) is 0 Å². The predicted octanol–water partition coefficient (Wildman–Crippen LogP) is 11.3. The lowest BCUT2D eigenvalue weighted by atomic mass is 10.1. The van der Waals surface area contributed by atoms with Gasteiger partial charge in [0.15, 0.2) is 0 Å². The van der Waals surface area contributed by atoms with Crippen molar-refractivity contribution in [2.45, 2.75) is 6.42 Å². The van der Waals surface area contributed by atoms with E-state index in [-0.39, 0.29) is 0 Å². The lowest BCUT2D eigenvalue weighted by Gasteiger charge is -1.96. The Morgan fingerprint density at radius 1 is 0.385 bits per heavy atom. The Morgan fingerprint density at radius 3 is 1.15 bits per heavy atom. The molecule has 0 amide bonds. The lowest BCUT2D eigenvalue weighted by molar-refractivity contribution is 1.28. The van der Waals surface area contributed by atoms with Gasteiger partial charge in [0.25, 0.3) is 0 Å². The molecule has 0 radical (unpaired) electrons. The van der Waals surface area contributed by atoms with Gasteiger partial charge in [-0.3, -0.25) is 0 Å². The van der Waals surface area contributed by atoms with Crippen molar-refractivity contribution in [2.75, 3.05) is 0 Å². The highest BCUT2D eigenvalue weighted by Gasteiger charge is 1.89. The molecule has 0 bridgehead atoms. The molecule has 0 nitrogen and oxygen atoms in total. The fraction of sp³-hybridized carbons (Fsp3) is 0.0256. The molecule has 0 aliphatic rings. The molecule has 4 aromatic carbocycles. The highest BCUT2D eigenvalue weighted by Crippen LogP contribution is 2.10. The third-order valence-electron chi connectivity index (χ3n) is 5.45. The summed E-state index contributed by atoms with van der Waals surface area (Å²) in [5, 5.41) is 0. The maximum atomic E-state index is 3.69. The molecule has 39 heavy (non-hydrogen) atoms. The molecule has 0 fully saturated rings. The van der Waals surface area contributed by atoms with E-state index < -0.39 is 0 Å². The quantitative estimate of drug-likeness (QED) is 0.208. The molecule has 0 spiro atoms. The maximum Gasteiger partial charge on any atom is -0.0100 e. The minimum atomic E-state index is 0.973. The first-order valence-electron chi connectivity index (χ1n) is 12.7. The minimum Gasteiger partial charge on any atom is -0.103 e. The average molecular weight is 509 g/mol. The second-order valence-corrected chi connectivity index (χ2v) is 8.17. The first kappa shape index (κ1) is 32.1. The highest BCUT2D eigenvalue weighted by atomic mass is 13.9. The minimum absolute atomic E-state index is 0.973. The maximum absolute atomic E-state index is 3.69. The molecule has 0 aromatic heterocycles. The van der Waals surface area contributed by atoms with Crippen molar-refractivity contribution in [3.05, 3.63) is 194 Å². The Bertz CT molecular complexity index is 1240. The van der Waals surface area contributed by atoms with Gasteiger partial charge in [0.1, 0.15) is 0 Å². The Balaban J connectivity index is 0.000000260. The van der Waals surface area contributed by atoms with Crippen LogP contribution < -0.4 is 0 Å². The summed E-state index contributed by atoms with van der Waals surface area (Å²) in [4.78, 5) is 0. The van der Waals surface area contributed by atoms with Gasteiger partial charge < -0.3 is 0 Å². The zero-order chi connectivity index (χ0) is 28.7. The molecule has 0 aliphatic carbocycles. The van der Waals surface area contributed by atoms with Crippen molar-refractivity contribution >= 4 is 36.5 Å². The van der Waals surface area contributed by atoms with Crippen molar-refractivity contribution in [2.24, 2.45) is 0 Å². The van der Waals surface area contributed by atoms with Gasteiger partial charge in [-0.05, 0) is 51.4 Å². The summed E-state index contributed by atoms with van der Waals surface area (Å²) in [7, 11) is 0. The summed E-state index contributed by atoms with van der Waals surface area (Å²) in [6, 6.07) is 34.5. The molecule has 0 heterocycles. The van der Waals surface area contributed by atoms with Crippen molar-refractivity contribution in [3.63, 3.8) is 0 Å². The number of hydrogen-bond acceptors (Lipinski definition) is 0. The second kappa shape index (κ2) is 20.2. The molecule has 0 heteroatoms. The Morgan fingerprint density at radius 2 is 0.795 bits per heavy atom. The molecule has 0 saturated heterocycles. The van der Waals surface area contributed by atoms with E-state index in [9.17, 15) is 0 Å². The van der Waals surface area contributed by atoms with E-state index in [1.807, 2.05) is 134 Å². The molecule has 4 rings (SSSR count). The SMILES string of the molecule is C=CCc1ccccc1.C=Cc1ccc(C=C)cc1.C=Cc1cccc(C=C)c1.C=Cc1ccccc1C=C. The van der Waals surface area contributed by atoms with Crippen LogP contribution in [0, 0.1) is 0 Å². The van der Waals surface area contributed by atoms with Crippen LogP contribution in [0.15, 0.2) is 155 Å². The van der Waals surface area contributed by atoms with Gasteiger partial charge in [0, 0.05) is 0 Å². The van der Waals surface area contributed by atoms with Crippen LogP contribution in [0.3, 0.4) is 0 Å². The highest BCUT2D eigenvalue weighted by molar-refractivity contribution is 5.63. The van der Waals surface area contributed by atoms with Crippen LogP contribution in [-0.2, 0) is 6.42 Å². The largest absolute Gasteiger partial charge is 0.103 e. The topological polar surface area (TPSA) is 0 Å². The third kappa shape index (κ3) is 13.3. The van der Waals surface area contributed by atoms with Gasteiger partial charge in [-0.2, -0.15) is 0 Å². The van der Waals surface area contributed by atoms with Crippen molar-refractivity contribution in [1.29, 1.82) is 0 Å². The Hall–Kier alpha value is -4.94. The summed E-state index contributed by atoms with van der Waals surface area (Å²) < 4.78 is 0. The fourth-order valence-electron chi connectivity index (χ4n) is 3.24. The molecule has 4 aromatic rings. The monoisotopic (exact) mass is 508 g/mol. The lowest BCUT2D eigenvalue weighted by Crippen LogP contribution is -1.76. The predicted molar refractivity (Wildman–Crippen MR) is 180 cm³/mol. The normalized spacial score (nSPS) is 8.82. The Labute approximate surface area is 236 Å². The summed E-state index contributed by atoms with van der Waals surface area (Å²) in [5.41, 5.74) is 8.16. The van der Waals surface area contributed by atoms with E-state index >= 15 is 0 Å². The van der Waals surface area contributed by atoms with Crippen LogP contribution >= 0.6 is 0 Å². The molecule has 0 saturated carbocycles. The van der Waals surface area contributed by atoms with Gasteiger partial charge in [-0.25, -0.2) is 0 Å². The smallest absolute Gasteiger partial charge is 0.0100 e. The fourth-order valence-corrected chi connectivity index (χ4v) is 3.24. The number of hydrogen-bond donors (Lipinski definition) is 0. The van der Waals surface area contributed by atoms with Crippen LogP contribution in [0.5, 0.6) is 0 Å². The molecule has 0 N–H and O–H groups in total. The molecule has 0 atom stereocenters. The second-order valence-electron chi connectivity index (χ2n) is 8.17. The molecular formula is C39H40. The van der Waals surface area contributed by atoms with Crippen molar-refractivity contribution in [1.82, 2.24) is 0 Å². The number of rotatable bonds is 8. The average Bonchev–Trinajstić information content (AvgIpc) is 3.02. The first-order chi connectivity index (χ1) is 19.0. The van der Waals surface area contributed by atoms with Crippen LogP contribution in [0.25, 0.3) is 36.5 Å². The van der Waals surface area contributed by atoms with Crippen molar-refractivity contribution < 1.29 is 0 Å². The molecule has 196 valence electrons. The van der Waals surface area contributed by atoms with E-state index in [0.29, 0.717) is 0 Å². The zero-order valence-corrected chi connectivity index (χ0v) is 23.0. The van der Waals surface area contributed by atoms with Crippen LogP contribution in [0.1, 0.15) is 38.9 Å². The summed E-state index contributed by atoms with van der Waals surface area (Å²) in [6.45, 7) is 25.7. The van der Waals surface area contributed by atoms with Gasteiger partial charge >= 0.3 is 0 Å². The van der Waals surface area contributed by atoms with Crippen LogP contribution in [0.2, 0.25) is 0 Å². The van der Waals surface area contributed by atoms with E-state index in [0.717, 1.165) is 39.8 Å². The zero-order valence-electron chi connectivity index (χ0n) is 23.0. The number of benzene rings is 4. The van der Waals surface area contributed by atoms with Crippen LogP contribution in [-0.4, -0.2) is 0 Å². The summed E-state index contributed by atoms with van der Waals surface area (Å²) >= 11 is 0. The van der Waals surface area contributed by atoms with Gasteiger partial charge in [-0.15, -0.1) is 6.58 Å². The number of allylic oxidation sites excluding steroid dienone is 1. The van der Waals surface area contributed by atoms with E-state index in [2.05, 4.69) is 58.2 Å².